The Labute approximate surface area is 317 Å². The molecule has 9 nitrogen and oxygen atoms in total. The van der Waals surface area contributed by atoms with Gasteiger partial charge in [-0.05, 0) is 67.7 Å². The largest absolute Gasteiger partial charge is 3.00 e. The van der Waals surface area contributed by atoms with Crippen molar-refractivity contribution in [3.8, 4) is 0 Å². The van der Waals surface area contributed by atoms with E-state index in [1.165, 1.54) is 109 Å². The van der Waals surface area contributed by atoms with Crippen molar-refractivity contribution in [2.24, 2.45) is 33.2 Å². The number of nitrogens with one attached hydrogen (secondary N) is 1. The summed E-state index contributed by atoms with van der Waals surface area (Å²) >= 11 is 0. The molecule has 3 aliphatic heterocycles. The van der Waals surface area contributed by atoms with Crippen molar-refractivity contribution in [2.45, 2.75) is 147 Å². The van der Waals surface area contributed by atoms with Crippen molar-refractivity contribution < 1.29 is 58.4 Å². The topological polar surface area (TPSA) is 135 Å². The zero-order chi connectivity index (χ0) is 31.5. The van der Waals surface area contributed by atoms with Gasteiger partial charge in [-0.15, -0.1) is 18.0 Å². The van der Waals surface area contributed by atoms with Crippen LogP contribution < -0.4 is 17.7 Å². The molecule has 2 saturated heterocycles. The maximum Gasteiger partial charge on any atom is 3.00 e. The Morgan fingerprint density at radius 3 is 1.38 bits per heavy atom. The zero-order valence-corrected chi connectivity index (χ0v) is 32.8. The van der Waals surface area contributed by atoms with E-state index in [2.05, 4.69) is 31.4 Å². The first-order chi connectivity index (χ1) is 22.2. The first kappa shape index (κ1) is 42.1. The van der Waals surface area contributed by atoms with Crippen molar-refractivity contribution in [1.29, 1.82) is 0 Å². The molecule has 2 atom stereocenters. The van der Waals surface area contributed by atoms with E-state index >= 15 is 0 Å². The molecule has 5 fully saturated rings. The van der Waals surface area contributed by atoms with Gasteiger partial charge in [-0.3, -0.25) is 0 Å². The van der Waals surface area contributed by atoms with Gasteiger partial charge in [0, 0.05) is 23.5 Å². The van der Waals surface area contributed by atoms with Gasteiger partial charge in [0.1, 0.15) is 5.70 Å². The maximum atomic E-state index is 10.9. The molecule has 0 bridgehead atoms. The number of oxime groups is 2. The molecule has 2 unspecified atom stereocenters. The fourth-order valence-electron chi connectivity index (χ4n) is 7.97. The minimum Gasteiger partial charge on any atom is -1.00 e. The number of hydrogen-bond acceptors (Lipinski definition) is 7. The zero-order valence-electron chi connectivity index (χ0n) is 28.5. The van der Waals surface area contributed by atoms with Gasteiger partial charge in [-0.1, -0.05) is 125 Å². The number of allylic oxidation sites excluding steroid dienone is 4. The van der Waals surface area contributed by atoms with Gasteiger partial charge in [0.25, 0.3) is 0 Å². The molecule has 0 aromatic heterocycles. The average Bonchev–Trinajstić information content (AvgIpc) is 3.13. The number of piperidine rings is 2. The third-order valence-corrected chi connectivity index (χ3v) is 10.5. The Morgan fingerprint density at radius 1 is 0.617 bits per heavy atom. The van der Waals surface area contributed by atoms with Crippen LogP contribution in [0.15, 0.2) is 51.3 Å². The molecule has 6 rings (SSSR count). The molecule has 0 aromatic carbocycles. The fraction of sp³-hybridized carbons (Fsp3) is 0.778. The van der Waals surface area contributed by atoms with Crippen LogP contribution in [0.4, 0.5) is 0 Å². The summed E-state index contributed by atoms with van der Waals surface area (Å²) < 4.78 is 0. The minimum absolute atomic E-state index is 0. The van der Waals surface area contributed by atoms with Crippen molar-refractivity contribution in [3.05, 3.63) is 51.4 Å². The van der Waals surface area contributed by atoms with Crippen LogP contribution in [0.5, 0.6) is 0 Å². The van der Waals surface area contributed by atoms with Crippen molar-refractivity contribution in [3.63, 3.8) is 0 Å². The van der Waals surface area contributed by atoms with Crippen LogP contribution >= 0.6 is 0 Å². The smallest absolute Gasteiger partial charge is 1.00 e. The molecular formula is C36H58ClLaN6O3. The molecule has 0 radical (unpaired) electrons. The third-order valence-electron chi connectivity index (χ3n) is 10.5. The second-order valence-electron chi connectivity index (χ2n) is 13.6. The predicted octanol–water partition coefficient (Wildman–Crippen LogP) is 6.87. The number of dihydropyridines is 1. The van der Waals surface area contributed by atoms with Gasteiger partial charge in [0.15, 0.2) is 0 Å². The molecule has 3 heterocycles. The third kappa shape index (κ3) is 14.0. The monoisotopic (exact) mass is 796 g/mol. The summed E-state index contributed by atoms with van der Waals surface area (Å²) in [6, 6.07) is 0.457. The van der Waals surface area contributed by atoms with E-state index in [-0.39, 0.29) is 60.1 Å². The van der Waals surface area contributed by atoms with Crippen LogP contribution in [-0.4, -0.2) is 47.0 Å². The molecule has 0 aromatic rings. The van der Waals surface area contributed by atoms with Crippen LogP contribution in [0.25, 0.3) is 10.6 Å². The number of nitroso groups, excluding NO2 is 1. The predicted molar refractivity (Wildman–Crippen MR) is 184 cm³/mol. The summed E-state index contributed by atoms with van der Waals surface area (Å²) in [5.41, 5.74) is 3.54. The van der Waals surface area contributed by atoms with Crippen LogP contribution in [-0.2, 0) is 0 Å². The van der Waals surface area contributed by atoms with E-state index in [9.17, 15) is 4.91 Å². The van der Waals surface area contributed by atoms with E-state index < -0.39 is 0 Å². The van der Waals surface area contributed by atoms with E-state index in [1.54, 1.807) is 0 Å². The average molecular weight is 797 g/mol. The molecule has 47 heavy (non-hydrogen) atoms. The Kier molecular flexibility index (Phi) is 22.4. The SMILES string of the molecule is O/N=C(\C1CCCCC1)C1CCCC[N-]1.O/N=C(\C1CCCCC1)C1CCCC[N-]1.O=N/C(=C1/C=CC=CN1)C1CCCCC1.[Cl-].[La+3]. The van der Waals surface area contributed by atoms with Gasteiger partial charge < -0.3 is 38.8 Å². The van der Waals surface area contributed by atoms with Crippen LogP contribution in [0.3, 0.4) is 0 Å². The van der Waals surface area contributed by atoms with Crippen LogP contribution in [0, 0.1) is 58.3 Å². The van der Waals surface area contributed by atoms with Crippen molar-refractivity contribution in [1.82, 2.24) is 5.32 Å². The quantitative estimate of drug-likeness (QED) is 0.117. The summed E-state index contributed by atoms with van der Waals surface area (Å²) in [5, 5.41) is 40.9. The van der Waals surface area contributed by atoms with Gasteiger partial charge >= 0.3 is 35.6 Å². The van der Waals surface area contributed by atoms with Gasteiger partial charge in [0.2, 0.25) is 0 Å². The molecule has 0 spiro atoms. The molecule has 6 aliphatic rings. The Bertz CT molecular complexity index is 934. The van der Waals surface area contributed by atoms with Gasteiger partial charge in [0.05, 0.1) is 5.70 Å². The first-order valence-corrected chi connectivity index (χ1v) is 18.2. The molecule has 3 N–H and O–H groups in total. The van der Waals surface area contributed by atoms with Crippen LogP contribution in [0.2, 0.25) is 0 Å². The van der Waals surface area contributed by atoms with Gasteiger partial charge in [-0.2, -0.15) is 0 Å². The summed E-state index contributed by atoms with van der Waals surface area (Å²) in [6.07, 6.45) is 33.2. The summed E-state index contributed by atoms with van der Waals surface area (Å²) in [4.78, 5) is 10.9. The Balaban J connectivity index is 0.000000240. The number of nitrogens with zero attached hydrogens (tertiary/aromatic N) is 5. The molecule has 3 saturated carbocycles. The minimum atomic E-state index is 0. The molecule has 3 aliphatic carbocycles. The fourth-order valence-corrected chi connectivity index (χ4v) is 7.97. The van der Waals surface area contributed by atoms with Crippen molar-refractivity contribution in [2.75, 3.05) is 13.1 Å². The number of rotatable bonds is 6. The molecule has 11 heteroatoms. The first-order valence-electron chi connectivity index (χ1n) is 18.2. The molecular weight excluding hydrogens is 739 g/mol. The standard InChI is InChI=1S/2C12H21N2O.C12H16N2O.ClH.La/c3*15-14-12(10-6-2-1-3-7-10)11-8-4-5-9-13-11;;/h2*10-11,15H,1-9H2;4-5,8-10,13H,1-3,6-7H2;1H;/q2*-1;;;+3/p-1/b2*14-12+;12-11-;;. The Morgan fingerprint density at radius 2 is 1.04 bits per heavy atom. The number of hydrogen-bond donors (Lipinski definition) is 3. The summed E-state index contributed by atoms with van der Waals surface area (Å²) in [7, 11) is 0. The van der Waals surface area contributed by atoms with E-state index in [0.29, 0.717) is 23.5 Å². The second kappa shape index (κ2) is 25.0. The Hall–Kier alpha value is -1.04. The normalized spacial score (nSPS) is 27.3. The molecule has 0 amide bonds. The second-order valence-corrected chi connectivity index (χ2v) is 13.6. The summed E-state index contributed by atoms with van der Waals surface area (Å²) in [5.74, 6) is 1.38. The maximum absolute atomic E-state index is 10.9. The van der Waals surface area contributed by atoms with Crippen LogP contribution in [0.1, 0.15) is 135 Å². The molecule has 260 valence electrons. The van der Waals surface area contributed by atoms with E-state index in [0.717, 1.165) is 55.9 Å². The van der Waals surface area contributed by atoms with E-state index in [4.69, 9.17) is 10.4 Å². The number of halogens is 1. The van der Waals surface area contributed by atoms with Gasteiger partial charge in [-0.25, -0.2) is 0 Å². The van der Waals surface area contributed by atoms with Crippen molar-refractivity contribution >= 4 is 11.4 Å². The summed E-state index contributed by atoms with van der Waals surface area (Å²) in [6.45, 7) is 1.91. The van der Waals surface area contributed by atoms with E-state index in [1.807, 2.05) is 24.4 Å².